The van der Waals surface area contributed by atoms with Gasteiger partial charge in [-0.1, -0.05) is 17.3 Å². The summed E-state index contributed by atoms with van der Waals surface area (Å²) in [5.41, 5.74) is 7.95. The normalized spacial score (nSPS) is 24.0. The van der Waals surface area contributed by atoms with Crippen LogP contribution < -0.4 is 5.73 Å². The summed E-state index contributed by atoms with van der Waals surface area (Å²) < 4.78 is 1.96. The highest BCUT2D eigenvalue weighted by Gasteiger charge is 2.34. The minimum Gasteiger partial charge on any atom is -0.399 e. The quantitative estimate of drug-likeness (QED) is 0.778. The summed E-state index contributed by atoms with van der Waals surface area (Å²) in [6, 6.07) is 8.59. The Morgan fingerprint density at radius 2 is 2.25 bits per heavy atom. The Bertz CT molecular complexity index is 478. The molecule has 1 aliphatic carbocycles. The summed E-state index contributed by atoms with van der Waals surface area (Å²) in [5.74, 6) is 0.533. The van der Waals surface area contributed by atoms with E-state index in [1.165, 1.54) is 18.4 Å². The second-order valence-electron chi connectivity index (χ2n) is 4.30. The van der Waals surface area contributed by atoms with E-state index in [9.17, 15) is 0 Å². The summed E-state index contributed by atoms with van der Waals surface area (Å²) in [4.78, 5) is 0. The molecule has 0 aliphatic heterocycles. The van der Waals surface area contributed by atoms with Gasteiger partial charge in [0.05, 0.1) is 12.2 Å². The lowest BCUT2D eigenvalue weighted by Gasteiger charge is -2.36. The molecule has 1 saturated carbocycles. The van der Waals surface area contributed by atoms with Gasteiger partial charge in [0, 0.05) is 17.8 Å². The van der Waals surface area contributed by atoms with Crippen LogP contribution in [0.4, 0.5) is 5.69 Å². The summed E-state index contributed by atoms with van der Waals surface area (Å²) in [7, 11) is 0. The molecule has 3 rings (SSSR count). The average molecular weight is 214 g/mol. The number of benzene rings is 1. The van der Waals surface area contributed by atoms with Crippen molar-refractivity contribution in [2.75, 3.05) is 5.73 Å². The Balaban J connectivity index is 1.86. The van der Waals surface area contributed by atoms with Gasteiger partial charge in [-0.25, -0.2) is 4.68 Å². The zero-order chi connectivity index (χ0) is 11.0. The van der Waals surface area contributed by atoms with Gasteiger partial charge < -0.3 is 5.73 Å². The molecule has 1 aromatic heterocycles. The Kier molecular flexibility index (Phi) is 2.13. The standard InChI is InChI=1S/C12H14N4/c13-10-3-1-2-9(8-10)11-4-5-12(11)16-7-6-14-15-16/h1-3,6-8,11-12H,4-5,13H2/t11-,12-/m0/s1. The molecule has 0 radical (unpaired) electrons. The molecule has 0 bridgehead atoms. The maximum atomic E-state index is 5.80. The topological polar surface area (TPSA) is 56.7 Å². The lowest BCUT2D eigenvalue weighted by Crippen LogP contribution is -2.27. The predicted molar refractivity (Wildman–Crippen MR) is 61.9 cm³/mol. The van der Waals surface area contributed by atoms with Crippen LogP contribution in [0, 0.1) is 0 Å². The lowest BCUT2D eigenvalue weighted by atomic mass is 9.75. The van der Waals surface area contributed by atoms with Gasteiger partial charge >= 0.3 is 0 Å². The molecule has 0 amide bonds. The van der Waals surface area contributed by atoms with Crippen LogP contribution >= 0.6 is 0 Å². The summed E-state index contributed by atoms with van der Waals surface area (Å²) in [6.45, 7) is 0. The molecule has 2 aromatic rings. The van der Waals surface area contributed by atoms with Crippen molar-refractivity contribution in [1.82, 2.24) is 15.0 Å². The number of aromatic nitrogens is 3. The van der Waals surface area contributed by atoms with Crippen LogP contribution in [0.1, 0.15) is 30.4 Å². The zero-order valence-corrected chi connectivity index (χ0v) is 8.95. The SMILES string of the molecule is Nc1cccc([C@@H]2CC[C@@H]2n2ccnn2)c1. The molecule has 2 atom stereocenters. The van der Waals surface area contributed by atoms with E-state index >= 15 is 0 Å². The highest BCUT2D eigenvalue weighted by molar-refractivity contribution is 5.42. The van der Waals surface area contributed by atoms with Crippen molar-refractivity contribution in [3.8, 4) is 0 Å². The molecule has 4 nitrogen and oxygen atoms in total. The van der Waals surface area contributed by atoms with Gasteiger partial charge in [-0.2, -0.15) is 0 Å². The van der Waals surface area contributed by atoms with E-state index in [0.717, 1.165) is 5.69 Å². The van der Waals surface area contributed by atoms with Crippen LogP contribution in [0.25, 0.3) is 0 Å². The van der Waals surface area contributed by atoms with Crippen molar-refractivity contribution in [1.29, 1.82) is 0 Å². The first-order valence-electron chi connectivity index (χ1n) is 5.56. The van der Waals surface area contributed by atoms with Crippen molar-refractivity contribution in [3.63, 3.8) is 0 Å². The van der Waals surface area contributed by atoms with E-state index < -0.39 is 0 Å². The molecule has 0 unspecified atom stereocenters. The third-order valence-electron chi connectivity index (χ3n) is 3.36. The number of nitrogens with zero attached hydrogens (tertiary/aromatic N) is 3. The zero-order valence-electron chi connectivity index (χ0n) is 8.95. The van der Waals surface area contributed by atoms with Crippen LogP contribution in [0.15, 0.2) is 36.7 Å². The van der Waals surface area contributed by atoms with Crippen LogP contribution in [0.2, 0.25) is 0 Å². The first-order chi connectivity index (χ1) is 7.84. The summed E-state index contributed by atoms with van der Waals surface area (Å²) >= 11 is 0. The Labute approximate surface area is 94.1 Å². The van der Waals surface area contributed by atoms with Crippen LogP contribution in [-0.2, 0) is 0 Å². The Morgan fingerprint density at radius 3 is 2.88 bits per heavy atom. The van der Waals surface area contributed by atoms with Gasteiger partial charge in [0.2, 0.25) is 0 Å². The number of rotatable bonds is 2. The molecule has 0 spiro atoms. The first-order valence-corrected chi connectivity index (χ1v) is 5.56. The molecule has 82 valence electrons. The fourth-order valence-electron chi connectivity index (χ4n) is 2.37. The third kappa shape index (κ3) is 1.46. The second-order valence-corrected chi connectivity index (χ2v) is 4.30. The minimum absolute atomic E-state index is 0.448. The molecule has 1 fully saturated rings. The molecule has 1 aliphatic rings. The summed E-state index contributed by atoms with van der Waals surface area (Å²) in [5, 5.41) is 7.93. The molecule has 4 heteroatoms. The van der Waals surface area contributed by atoms with E-state index in [1.54, 1.807) is 6.20 Å². The second kappa shape index (κ2) is 3.63. The van der Waals surface area contributed by atoms with Crippen molar-refractivity contribution in [3.05, 3.63) is 42.2 Å². The maximum absolute atomic E-state index is 5.80. The molecule has 1 heterocycles. The lowest BCUT2D eigenvalue weighted by molar-refractivity contribution is 0.233. The fraction of sp³-hybridized carbons (Fsp3) is 0.333. The Morgan fingerprint density at radius 1 is 1.31 bits per heavy atom. The summed E-state index contributed by atoms with van der Waals surface area (Å²) in [6.07, 6.45) is 6.04. The smallest absolute Gasteiger partial charge is 0.0693 e. The molecule has 16 heavy (non-hydrogen) atoms. The number of hydrogen-bond donors (Lipinski definition) is 1. The molecule has 1 aromatic carbocycles. The highest BCUT2D eigenvalue weighted by atomic mass is 15.4. The minimum atomic E-state index is 0.448. The number of hydrogen-bond acceptors (Lipinski definition) is 3. The van der Waals surface area contributed by atoms with Gasteiger partial charge in [-0.3, -0.25) is 0 Å². The van der Waals surface area contributed by atoms with E-state index in [-0.39, 0.29) is 0 Å². The van der Waals surface area contributed by atoms with Crippen LogP contribution in [0.3, 0.4) is 0 Å². The highest BCUT2D eigenvalue weighted by Crippen LogP contribution is 2.45. The number of nitrogens with two attached hydrogens (primary N) is 1. The van der Waals surface area contributed by atoms with Gasteiger partial charge in [0.1, 0.15) is 0 Å². The molecule has 2 N–H and O–H groups in total. The molecular weight excluding hydrogens is 200 g/mol. The van der Waals surface area contributed by atoms with Gasteiger partial charge in [0.15, 0.2) is 0 Å². The largest absolute Gasteiger partial charge is 0.399 e. The van der Waals surface area contributed by atoms with Gasteiger partial charge in [-0.15, -0.1) is 5.10 Å². The number of anilines is 1. The monoisotopic (exact) mass is 214 g/mol. The van der Waals surface area contributed by atoms with E-state index in [1.807, 2.05) is 23.0 Å². The Hall–Kier alpha value is -1.84. The number of nitrogen functional groups attached to an aromatic ring is 1. The maximum Gasteiger partial charge on any atom is 0.0693 e. The van der Waals surface area contributed by atoms with Crippen LogP contribution in [-0.4, -0.2) is 15.0 Å². The average Bonchev–Trinajstić information content (AvgIpc) is 2.69. The van der Waals surface area contributed by atoms with Gasteiger partial charge in [0.25, 0.3) is 0 Å². The van der Waals surface area contributed by atoms with Crippen molar-refractivity contribution in [2.45, 2.75) is 24.8 Å². The van der Waals surface area contributed by atoms with E-state index in [0.29, 0.717) is 12.0 Å². The molecular formula is C12H14N4. The fourth-order valence-corrected chi connectivity index (χ4v) is 2.37. The van der Waals surface area contributed by atoms with E-state index in [2.05, 4.69) is 22.4 Å². The van der Waals surface area contributed by atoms with Gasteiger partial charge in [-0.05, 0) is 30.5 Å². The van der Waals surface area contributed by atoms with E-state index in [4.69, 9.17) is 5.73 Å². The van der Waals surface area contributed by atoms with Crippen molar-refractivity contribution < 1.29 is 0 Å². The predicted octanol–water partition coefficient (Wildman–Crippen LogP) is 1.98. The molecule has 0 saturated heterocycles. The van der Waals surface area contributed by atoms with Crippen LogP contribution in [0.5, 0.6) is 0 Å². The first kappa shape index (κ1) is 9.39. The van der Waals surface area contributed by atoms with Crippen molar-refractivity contribution >= 4 is 5.69 Å². The van der Waals surface area contributed by atoms with Crippen molar-refractivity contribution in [2.24, 2.45) is 0 Å². The third-order valence-corrected chi connectivity index (χ3v) is 3.36.